The van der Waals surface area contributed by atoms with Gasteiger partial charge in [0, 0.05) is 0 Å². The molecule has 0 aromatic heterocycles. The molecule has 0 atom stereocenters. The second kappa shape index (κ2) is 3.38. The number of fused-ring (bicyclic) bond motifs is 1. The topological polar surface area (TPSA) is 34.4 Å². The SMILES string of the molecule is O=C1[N]c2ccccc2N1c1ccccc1. The van der Waals surface area contributed by atoms with Crippen LogP contribution in [0.3, 0.4) is 0 Å². The third-order valence-corrected chi connectivity index (χ3v) is 2.54. The monoisotopic (exact) mass is 209 g/mol. The summed E-state index contributed by atoms with van der Waals surface area (Å²) >= 11 is 0. The van der Waals surface area contributed by atoms with Gasteiger partial charge in [-0.1, -0.05) is 30.3 Å². The average Bonchev–Trinajstić information content (AvgIpc) is 2.66. The summed E-state index contributed by atoms with van der Waals surface area (Å²) in [5, 5.41) is 4.00. The quantitative estimate of drug-likeness (QED) is 0.710. The zero-order chi connectivity index (χ0) is 11.0. The maximum absolute atomic E-state index is 11.8. The Bertz CT molecular complexity index is 537. The van der Waals surface area contributed by atoms with E-state index in [1.807, 2.05) is 54.6 Å². The van der Waals surface area contributed by atoms with Crippen LogP contribution < -0.4 is 10.2 Å². The molecule has 16 heavy (non-hydrogen) atoms. The lowest BCUT2D eigenvalue weighted by molar-refractivity contribution is 0.253. The van der Waals surface area contributed by atoms with Crippen molar-refractivity contribution >= 4 is 23.1 Å². The molecular weight excluding hydrogens is 200 g/mol. The number of para-hydroxylation sites is 3. The molecule has 0 fully saturated rings. The molecule has 2 aromatic rings. The lowest BCUT2D eigenvalue weighted by Crippen LogP contribution is -2.22. The highest BCUT2D eigenvalue weighted by Crippen LogP contribution is 2.37. The number of carbonyl (C=O) groups excluding carboxylic acids is 1. The standard InChI is InChI=1S/C13H9N2O/c16-13-14-11-8-4-5-9-12(11)15(13)10-6-2-1-3-7-10/h1-9H. The van der Waals surface area contributed by atoms with Crippen LogP contribution in [0.25, 0.3) is 0 Å². The minimum absolute atomic E-state index is 0.229. The van der Waals surface area contributed by atoms with E-state index in [0.29, 0.717) is 0 Å². The van der Waals surface area contributed by atoms with E-state index in [1.165, 1.54) is 0 Å². The van der Waals surface area contributed by atoms with Crippen LogP contribution in [-0.2, 0) is 0 Å². The highest BCUT2D eigenvalue weighted by molar-refractivity contribution is 6.09. The Balaban J connectivity index is 2.13. The molecule has 0 N–H and O–H groups in total. The Morgan fingerprint density at radius 1 is 0.875 bits per heavy atom. The Morgan fingerprint density at radius 2 is 1.56 bits per heavy atom. The maximum atomic E-state index is 11.8. The Morgan fingerprint density at radius 3 is 2.38 bits per heavy atom. The third-order valence-electron chi connectivity index (χ3n) is 2.54. The second-order valence-electron chi connectivity index (χ2n) is 3.55. The normalized spacial score (nSPS) is 13.5. The molecule has 2 aromatic carbocycles. The van der Waals surface area contributed by atoms with Crippen molar-refractivity contribution in [2.45, 2.75) is 0 Å². The van der Waals surface area contributed by atoms with Gasteiger partial charge in [0.2, 0.25) is 0 Å². The number of hydrogen-bond acceptors (Lipinski definition) is 1. The molecule has 0 spiro atoms. The molecule has 1 aliphatic heterocycles. The van der Waals surface area contributed by atoms with Crippen LogP contribution in [0.4, 0.5) is 21.9 Å². The Labute approximate surface area is 93.3 Å². The molecule has 77 valence electrons. The fourth-order valence-electron chi connectivity index (χ4n) is 1.83. The molecule has 3 rings (SSSR count). The number of anilines is 2. The van der Waals surface area contributed by atoms with Gasteiger partial charge in [0.25, 0.3) is 0 Å². The van der Waals surface area contributed by atoms with Crippen LogP contribution >= 0.6 is 0 Å². The lowest BCUT2D eigenvalue weighted by atomic mass is 10.2. The number of benzene rings is 2. The van der Waals surface area contributed by atoms with Gasteiger partial charge in [-0.3, -0.25) is 4.90 Å². The first kappa shape index (κ1) is 8.97. The smallest absolute Gasteiger partial charge is 0.259 e. The van der Waals surface area contributed by atoms with Gasteiger partial charge in [0.05, 0.1) is 17.1 Å². The van der Waals surface area contributed by atoms with Crippen molar-refractivity contribution in [2.75, 3.05) is 4.90 Å². The summed E-state index contributed by atoms with van der Waals surface area (Å²) in [4.78, 5) is 13.4. The molecule has 0 bridgehead atoms. The van der Waals surface area contributed by atoms with Crippen molar-refractivity contribution in [1.82, 2.24) is 5.32 Å². The second-order valence-corrected chi connectivity index (χ2v) is 3.55. The molecule has 0 saturated carbocycles. The number of carbonyl (C=O) groups is 1. The summed E-state index contributed by atoms with van der Waals surface area (Å²) in [5.74, 6) is 0. The molecule has 0 unspecified atom stereocenters. The summed E-state index contributed by atoms with van der Waals surface area (Å²) in [6.07, 6.45) is 0. The predicted octanol–water partition coefficient (Wildman–Crippen LogP) is 3.19. The molecule has 2 amide bonds. The Hall–Kier alpha value is -2.29. The van der Waals surface area contributed by atoms with Gasteiger partial charge in [-0.15, -0.1) is 0 Å². The van der Waals surface area contributed by atoms with E-state index in [-0.39, 0.29) is 6.03 Å². The van der Waals surface area contributed by atoms with Crippen LogP contribution in [0.5, 0.6) is 0 Å². The molecule has 3 nitrogen and oxygen atoms in total. The first-order valence-corrected chi connectivity index (χ1v) is 5.06. The van der Waals surface area contributed by atoms with Crippen LogP contribution in [0, 0.1) is 0 Å². The van der Waals surface area contributed by atoms with Crippen molar-refractivity contribution in [3.05, 3.63) is 54.6 Å². The van der Waals surface area contributed by atoms with Gasteiger partial charge in [-0.05, 0) is 24.3 Å². The highest BCUT2D eigenvalue weighted by Gasteiger charge is 2.29. The molecule has 1 aliphatic rings. The number of rotatable bonds is 1. The molecule has 3 heteroatoms. The number of amides is 2. The van der Waals surface area contributed by atoms with E-state index in [9.17, 15) is 4.79 Å². The van der Waals surface area contributed by atoms with E-state index in [4.69, 9.17) is 0 Å². The third kappa shape index (κ3) is 1.26. The van der Waals surface area contributed by atoms with Crippen molar-refractivity contribution < 1.29 is 4.79 Å². The van der Waals surface area contributed by atoms with E-state index >= 15 is 0 Å². The van der Waals surface area contributed by atoms with Gasteiger partial charge < -0.3 is 0 Å². The molecule has 1 heterocycles. The molecular formula is C13H9N2O. The van der Waals surface area contributed by atoms with Crippen molar-refractivity contribution in [3.63, 3.8) is 0 Å². The van der Waals surface area contributed by atoms with Crippen LogP contribution in [0.2, 0.25) is 0 Å². The minimum Gasteiger partial charge on any atom is -0.259 e. The van der Waals surface area contributed by atoms with Crippen molar-refractivity contribution in [1.29, 1.82) is 0 Å². The van der Waals surface area contributed by atoms with E-state index in [2.05, 4.69) is 5.32 Å². The zero-order valence-corrected chi connectivity index (χ0v) is 8.50. The van der Waals surface area contributed by atoms with Gasteiger partial charge in [0.15, 0.2) is 0 Å². The average molecular weight is 209 g/mol. The molecule has 0 aliphatic carbocycles. The first-order chi connectivity index (χ1) is 7.86. The van der Waals surface area contributed by atoms with Gasteiger partial charge in [0.1, 0.15) is 0 Å². The van der Waals surface area contributed by atoms with Crippen LogP contribution in [-0.4, -0.2) is 6.03 Å². The highest BCUT2D eigenvalue weighted by atomic mass is 16.2. The first-order valence-electron chi connectivity index (χ1n) is 5.06. The summed E-state index contributed by atoms with van der Waals surface area (Å²) in [6.45, 7) is 0. The predicted molar refractivity (Wildman–Crippen MR) is 62.2 cm³/mol. The summed E-state index contributed by atoms with van der Waals surface area (Å²) < 4.78 is 0. The fourth-order valence-corrected chi connectivity index (χ4v) is 1.83. The summed E-state index contributed by atoms with van der Waals surface area (Å²) in [6, 6.07) is 16.8. The fraction of sp³-hybridized carbons (Fsp3) is 0. The van der Waals surface area contributed by atoms with Gasteiger partial charge in [-0.25, -0.2) is 4.79 Å². The largest absolute Gasteiger partial charge is 0.353 e. The Kier molecular flexibility index (Phi) is 1.90. The van der Waals surface area contributed by atoms with Crippen LogP contribution in [0.1, 0.15) is 0 Å². The number of urea groups is 1. The van der Waals surface area contributed by atoms with E-state index in [0.717, 1.165) is 17.1 Å². The van der Waals surface area contributed by atoms with E-state index in [1.54, 1.807) is 4.90 Å². The zero-order valence-electron chi connectivity index (χ0n) is 8.50. The van der Waals surface area contributed by atoms with Gasteiger partial charge >= 0.3 is 6.03 Å². The van der Waals surface area contributed by atoms with Crippen molar-refractivity contribution in [2.24, 2.45) is 0 Å². The number of nitrogens with zero attached hydrogens (tertiary/aromatic N) is 2. The number of hydrogen-bond donors (Lipinski definition) is 0. The summed E-state index contributed by atoms with van der Waals surface area (Å²) in [5.41, 5.74) is 2.43. The molecule has 1 radical (unpaired) electrons. The summed E-state index contributed by atoms with van der Waals surface area (Å²) in [7, 11) is 0. The minimum atomic E-state index is -0.229. The van der Waals surface area contributed by atoms with Crippen LogP contribution in [0.15, 0.2) is 54.6 Å². The van der Waals surface area contributed by atoms with E-state index < -0.39 is 0 Å². The maximum Gasteiger partial charge on any atom is 0.353 e. The van der Waals surface area contributed by atoms with Crippen molar-refractivity contribution in [3.8, 4) is 0 Å². The molecule has 0 saturated heterocycles. The van der Waals surface area contributed by atoms with Gasteiger partial charge in [-0.2, -0.15) is 5.32 Å². The lowest BCUT2D eigenvalue weighted by Gasteiger charge is -2.14.